The Morgan fingerprint density at radius 2 is 1.10 bits per heavy atom. The van der Waals surface area contributed by atoms with E-state index >= 15 is 0 Å². The third kappa shape index (κ3) is 8.73. The Balaban J connectivity index is 1.24. The van der Waals surface area contributed by atoms with Crippen LogP contribution in [0.25, 0.3) is 0 Å². The summed E-state index contributed by atoms with van der Waals surface area (Å²) in [5.41, 5.74) is 0. The van der Waals surface area contributed by atoms with Crippen LogP contribution in [0, 0.1) is 29.6 Å². The van der Waals surface area contributed by atoms with Crippen molar-refractivity contribution in [2.45, 2.75) is 148 Å². The average Bonchev–Trinajstić information content (AvgIpc) is 2.80. The summed E-state index contributed by atoms with van der Waals surface area (Å²) in [5, 5.41) is 0. The van der Waals surface area contributed by atoms with Gasteiger partial charge >= 0.3 is 5.97 Å². The standard InChI is InChI=1S/C29H52O2/c1-3-5-6-8-23-9-11-24(12-10-23)13-14-25-15-17-26(18-16-25)27-19-21-28(22-20-27)31-29(30)7-4-2/h23-28H,3-22H2,1-2H3. The highest BCUT2D eigenvalue weighted by Gasteiger charge is 2.32. The monoisotopic (exact) mass is 432 g/mol. The van der Waals surface area contributed by atoms with Crippen molar-refractivity contribution < 1.29 is 9.53 Å². The van der Waals surface area contributed by atoms with Crippen molar-refractivity contribution in [3.63, 3.8) is 0 Å². The van der Waals surface area contributed by atoms with Crippen molar-refractivity contribution in [2.24, 2.45) is 29.6 Å². The molecule has 0 spiro atoms. The van der Waals surface area contributed by atoms with Crippen molar-refractivity contribution >= 4 is 5.97 Å². The number of ether oxygens (including phenoxy) is 1. The molecule has 2 nitrogen and oxygen atoms in total. The van der Waals surface area contributed by atoms with Crippen molar-refractivity contribution in [3.05, 3.63) is 0 Å². The highest BCUT2D eigenvalue weighted by atomic mass is 16.5. The number of rotatable bonds is 11. The topological polar surface area (TPSA) is 26.3 Å². The molecule has 180 valence electrons. The van der Waals surface area contributed by atoms with Gasteiger partial charge in [-0.3, -0.25) is 4.79 Å². The number of carbonyl (C=O) groups excluding carboxylic acids is 1. The second-order valence-electron chi connectivity index (χ2n) is 11.5. The fraction of sp³-hybridized carbons (Fsp3) is 0.966. The Hall–Kier alpha value is -0.530. The summed E-state index contributed by atoms with van der Waals surface area (Å²) in [7, 11) is 0. The molecule has 3 aliphatic rings. The Morgan fingerprint density at radius 1 is 0.613 bits per heavy atom. The maximum Gasteiger partial charge on any atom is 0.306 e. The summed E-state index contributed by atoms with van der Waals surface area (Å²) in [6.45, 7) is 4.37. The molecule has 0 unspecified atom stereocenters. The average molecular weight is 433 g/mol. The lowest BCUT2D eigenvalue weighted by Gasteiger charge is -2.38. The van der Waals surface area contributed by atoms with E-state index in [2.05, 4.69) is 13.8 Å². The fourth-order valence-electron chi connectivity index (χ4n) is 7.04. The normalized spacial score (nSPS) is 34.4. The number of hydrogen-bond acceptors (Lipinski definition) is 2. The van der Waals surface area contributed by atoms with E-state index in [9.17, 15) is 4.79 Å². The van der Waals surface area contributed by atoms with Crippen LogP contribution in [-0.4, -0.2) is 12.1 Å². The molecular weight excluding hydrogens is 380 g/mol. The molecule has 0 N–H and O–H groups in total. The molecule has 3 rings (SSSR count). The molecule has 0 radical (unpaired) electrons. The maximum absolute atomic E-state index is 11.8. The quantitative estimate of drug-likeness (QED) is 0.241. The lowest BCUT2D eigenvalue weighted by atomic mass is 9.69. The third-order valence-corrected chi connectivity index (χ3v) is 9.19. The zero-order chi connectivity index (χ0) is 21.9. The summed E-state index contributed by atoms with van der Waals surface area (Å²) in [5.74, 6) is 5.02. The first-order valence-electron chi connectivity index (χ1n) is 14.4. The van der Waals surface area contributed by atoms with Gasteiger partial charge in [-0.1, -0.05) is 90.9 Å². The highest BCUT2D eigenvalue weighted by molar-refractivity contribution is 5.69. The van der Waals surface area contributed by atoms with Gasteiger partial charge in [0, 0.05) is 6.42 Å². The number of unbranched alkanes of at least 4 members (excludes halogenated alkanes) is 2. The van der Waals surface area contributed by atoms with E-state index < -0.39 is 0 Å². The van der Waals surface area contributed by atoms with Crippen LogP contribution in [0.5, 0.6) is 0 Å². The van der Waals surface area contributed by atoms with Crippen LogP contribution in [0.2, 0.25) is 0 Å². The van der Waals surface area contributed by atoms with Gasteiger partial charge < -0.3 is 4.74 Å². The SMILES string of the molecule is CCCCCC1CCC(CCC2CCC(C3CCC(OC(=O)CCC)CC3)CC2)CC1. The van der Waals surface area contributed by atoms with Gasteiger partial charge in [-0.2, -0.15) is 0 Å². The first kappa shape index (κ1) is 25.1. The first-order valence-corrected chi connectivity index (χ1v) is 14.4. The van der Waals surface area contributed by atoms with E-state index in [-0.39, 0.29) is 12.1 Å². The van der Waals surface area contributed by atoms with Crippen LogP contribution >= 0.6 is 0 Å². The van der Waals surface area contributed by atoms with Gasteiger partial charge in [-0.05, 0) is 74.5 Å². The van der Waals surface area contributed by atoms with Gasteiger partial charge in [0.05, 0.1) is 0 Å². The maximum atomic E-state index is 11.8. The van der Waals surface area contributed by atoms with Crippen molar-refractivity contribution in [2.75, 3.05) is 0 Å². The predicted molar refractivity (Wildman–Crippen MR) is 131 cm³/mol. The molecule has 0 aromatic rings. The molecule has 0 aliphatic heterocycles. The Morgan fingerprint density at radius 3 is 1.61 bits per heavy atom. The minimum Gasteiger partial charge on any atom is -0.462 e. The first-order chi connectivity index (χ1) is 15.2. The van der Waals surface area contributed by atoms with E-state index in [4.69, 9.17) is 4.74 Å². The van der Waals surface area contributed by atoms with Crippen LogP contribution in [0.1, 0.15) is 142 Å². The van der Waals surface area contributed by atoms with Crippen LogP contribution in [-0.2, 0) is 9.53 Å². The number of esters is 1. The fourth-order valence-corrected chi connectivity index (χ4v) is 7.04. The van der Waals surface area contributed by atoms with Crippen molar-refractivity contribution in [1.82, 2.24) is 0 Å². The molecule has 3 fully saturated rings. The van der Waals surface area contributed by atoms with Crippen molar-refractivity contribution in [1.29, 1.82) is 0 Å². The lowest BCUT2D eigenvalue weighted by Crippen LogP contribution is -2.29. The summed E-state index contributed by atoms with van der Waals surface area (Å²) in [6.07, 6.45) is 27.4. The molecule has 0 heterocycles. The van der Waals surface area contributed by atoms with Crippen LogP contribution in [0.4, 0.5) is 0 Å². The van der Waals surface area contributed by atoms with Gasteiger partial charge in [-0.25, -0.2) is 0 Å². The lowest BCUT2D eigenvalue weighted by molar-refractivity contribution is -0.151. The van der Waals surface area contributed by atoms with Gasteiger partial charge in [0.2, 0.25) is 0 Å². The molecule has 0 amide bonds. The molecule has 0 bridgehead atoms. The largest absolute Gasteiger partial charge is 0.462 e. The molecule has 0 saturated heterocycles. The molecule has 0 aromatic carbocycles. The minimum atomic E-state index is 0.0245. The van der Waals surface area contributed by atoms with Gasteiger partial charge in [0.15, 0.2) is 0 Å². The summed E-state index contributed by atoms with van der Waals surface area (Å²) in [6, 6.07) is 0. The van der Waals surface area contributed by atoms with Gasteiger partial charge in [-0.15, -0.1) is 0 Å². The molecule has 3 saturated carbocycles. The molecule has 0 atom stereocenters. The van der Waals surface area contributed by atoms with E-state index in [0.29, 0.717) is 6.42 Å². The molecule has 0 aromatic heterocycles. The number of hydrogen-bond donors (Lipinski definition) is 0. The summed E-state index contributed by atoms with van der Waals surface area (Å²) < 4.78 is 5.67. The third-order valence-electron chi connectivity index (χ3n) is 9.19. The van der Waals surface area contributed by atoms with E-state index in [0.717, 1.165) is 48.9 Å². The van der Waals surface area contributed by atoms with Gasteiger partial charge in [0.1, 0.15) is 6.10 Å². The Labute approximate surface area is 193 Å². The zero-order valence-electron chi connectivity index (χ0n) is 20.9. The Bertz CT molecular complexity index is 477. The second kappa shape index (κ2) is 13.9. The van der Waals surface area contributed by atoms with Crippen LogP contribution < -0.4 is 0 Å². The molecule has 31 heavy (non-hydrogen) atoms. The smallest absolute Gasteiger partial charge is 0.306 e. The molecular formula is C29H52O2. The summed E-state index contributed by atoms with van der Waals surface area (Å²) in [4.78, 5) is 11.8. The number of carbonyl (C=O) groups is 1. The van der Waals surface area contributed by atoms with Crippen LogP contribution in [0.15, 0.2) is 0 Å². The Kier molecular flexibility index (Phi) is 11.2. The molecule has 2 heteroatoms. The van der Waals surface area contributed by atoms with E-state index in [1.807, 2.05) is 0 Å². The van der Waals surface area contributed by atoms with E-state index in [1.54, 1.807) is 0 Å². The second-order valence-corrected chi connectivity index (χ2v) is 11.5. The van der Waals surface area contributed by atoms with Crippen molar-refractivity contribution in [3.8, 4) is 0 Å². The predicted octanol–water partition coefficient (Wildman–Crippen LogP) is 8.86. The van der Waals surface area contributed by atoms with Gasteiger partial charge in [0.25, 0.3) is 0 Å². The zero-order valence-corrected chi connectivity index (χ0v) is 20.9. The highest BCUT2D eigenvalue weighted by Crippen LogP contribution is 2.42. The van der Waals surface area contributed by atoms with E-state index in [1.165, 1.54) is 103 Å². The van der Waals surface area contributed by atoms with Crippen LogP contribution in [0.3, 0.4) is 0 Å². The minimum absolute atomic E-state index is 0.0245. The summed E-state index contributed by atoms with van der Waals surface area (Å²) >= 11 is 0. The molecule has 3 aliphatic carbocycles.